The number of hydrogen-bond donors (Lipinski definition) is 0. The van der Waals surface area contributed by atoms with Crippen LogP contribution in [-0.2, 0) is 14.8 Å². The molecule has 0 aliphatic carbocycles. The van der Waals surface area contributed by atoms with Crippen molar-refractivity contribution >= 4 is 21.6 Å². The van der Waals surface area contributed by atoms with Crippen LogP contribution in [0.3, 0.4) is 0 Å². The smallest absolute Gasteiger partial charge is 0.270 e. The number of methoxy groups -OCH3 is 1. The van der Waals surface area contributed by atoms with Gasteiger partial charge in [-0.25, -0.2) is 12.7 Å². The van der Waals surface area contributed by atoms with Crippen molar-refractivity contribution in [1.29, 1.82) is 0 Å². The molecule has 0 aliphatic rings. The van der Waals surface area contributed by atoms with Gasteiger partial charge in [0.1, 0.15) is 5.75 Å². The molecule has 0 fully saturated rings. The summed E-state index contributed by atoms with van der Waals surface area (Å²) in [5.41, 5.74) is 0.306. The van der Waals surface area contributed by atoms with Gasteiger partial charge in [-0.2, -0.15) is 0 Å². The Morgan fingerprint density at radius 1 is 1.04 bits per heavy atom. The van der Waals surface area contributed by atoms with Crippen molar-refractivity contribution in [2.24, 2.45) is 0 Å². The minimum Gasteiger partial charge on any atom is -0.497 e. The molecule has 0 radical (unpaired) electrons. The lowest BCUT2D eigenvalue weighted by Crippen LogP contribution is -2.36. The van der Waals surface area contributed by atoms with E-state index in [0.29, 0.717) is 17.9 Å². The number of amides is 1. The number of rotatable bonds is 7. The Hall–Kier alpha value is -2.34. The molecule has 0 unspecified atom stereocenters. The molecular formula is C18H21NO4S. The zero-order valence-corrected chi connectivity index (χ0v) is 14.6. The van der Waals surface area contributed by atoms with Crippen LogP contribution in [0.5, 0.6) is 5.75 Å². The van der Waals surface area contributed by atoms with Crippen LogP contribution in [0.4, 0.5) is 5.69 Å². The highest BCUT2D eigenvalue weighted by Gasteiger charge is 2.30. The standard InChI is InChI=1S/C18H21NO4S/c1-3-4-10-18(20)19(15-11-13-16(23-2)14-12-15)24(21,22)17-8-6-5-7-9-17/h5-9,11-14H,3-4,10H2,1-2H3. The lowest BCUT2D eigenvalue weighted by Gasteiger charge is -2.23. The van der Waals surface area contributed by atoms with Gasteiger partial charge in [-0.1, -0.05) is 31.5 Å². The number of carbonyl (C=O) groups is 1. The first-order valence-electron chi connectivity index (χ1n) is 7.78. The second-order valence-electron chi connectivity index (χ2n) is 5.28. The van der Waals surface area contributed by atoms with Crippen molar-refractivity contribution in [2.45, 2.75) is 31.1 Å². The topological polar surface area (TPSA) is 63.7 Å². The van der Waals surface area contributed by atoms with E-state index in [-0.39, 0.29) is 11.3 Å². The Morgan fingerprint density at radius 2 is 1.67 bits per heavy atom. The molecule has 2 aromatic carbocycles. The number of hydrogen-bond acceptors (Lipinski definition) is 4. The van der Waals surface area contributed by atoms with Crippen molar-refractivity contribution in [3.63, 3.8) is 0 Å². The Morgan fingerprint density at radius 3 is 2.21 bits per heavy atom. The summed E-state index contributed by atoms with van der Waals surface area (Å²) in [6.07, 6.45) is 1.62. The van der Waals surface area contributed by atoms with Gasteiger partial charge in [-0.15, -0.1) is 0 Å². The first kappa shape index (κ1) is 18.0. The Labute approximate surface area is 142 Å². The van der Waals surface area contributed by atoms with Gasteiger partial charge >= 0.3 is 0 Å². The van der Waals surface area contributed by atoms with E-state index in [1.54, 1.807) is 42.5 Å². The average Bonchev–Trinajstić information content (AvgIpc) is 2.61. The Balaban J connectivity index is 2.48. The Kier molecular flexibility index (Phi) is 5.98. The zero-order valence-electron chi connectivity index (χ0n) is 13.8. The molecule has 0 aromatic heterocycles. The third kappa shape index (κ3) is 3.94. The molecular weight excluding hydrogens is 326 g/mol. The maximum atomic E-state index is 13.0. The first-order chi connectivity index (χ1) is 11.5. The highest BCUT2D eigenvalue weighted by atomic mass is 32.2. The molecule has 0 heterocycles. The van der Waals surface area contributed by atoms with Crippen molar-refractivity contribution in [1.82, 2.24) is 0 Å². The lowest BCUT2D eigenvalue weighted by atomic mass is 10.2. The van der Waals surface area contributed by atoms with Crippen molar-refractivity contribution in [3.05, 3.63) is 54.6 Å². The fourth-order valence-electron chi connectivity index (χ4n) is 2.26. The normalized spacial score (nSPS) is 11.1. The molecule has 24 heavy (non-hydrogen) atoms. The third-order valence-electron chi connectivity index (χ3n) is 3.56. The molecule has 0 aliphatic heterocycles. The van der Waals surface area contributed by atoms with Gasteiger partial charge in [0.2, 0.25) is 5.91 Å². The summed E-state index contributed by atoms with van der Waals surface area (Å²) < 4.78 is 31.9. The molecule has 2 aromatic rings. The van der Waals surface area contributed by atoms with Crippen LogP contribution in [0.1, 0.15) is 26.2 Å². The van der Waals surface area contributed by atoms with E-state index in [9.17, 15) is 13.2 Å². The van der Waals surface area contributed by atoms with E-state index in [1.165, 1.54) is 19.2 Å². The molecule has 0 N–H and O–H groups in total. The first-order valence-corrected chi connectivity index (χ1v) is 9.22. The molecule has 6 heteroatoms. The zero-order chi connectivity index (χ0) is 17.6. The van der Waals surface area contributed by atoms with Gasteiger partial charge in [0.25, 0.3) is 10.0 Å². The molecule has 1 amide bonds. The number of anilines is 1. The summed E-state index contributed by atoms with van der Waals surface area (Å²) in [7, 11) is -2.43. The molecule has 0 bridgehead atoms. The highest BCUT2D eigenvalue weighted by Crippen LogP contribution is 2.27. The van der Waals surface area contributed by atoms with Crippen molar-refractivity contribution in [3.8, 4) is 5.75 Å². The second-order valence-corrected chi connectivity index (χ2v) is 7.06. The monoisotopic (exact) mass is 347 g/mol. The quantitative estimate of drug-likeness (QED) is 0.767. The molecule has 0 saturated carbocycles. The predicted octanol–water partition coefficient (Wildman–Crippen LogP) is 3.61. The summed E-state index contributed by atoms with van der Waals surface area (Å²) in [6, 6.07) is 14.4. The van der Waals surface area contributed by atoms with Crippen molar-refractivity contribution < 1.29 is 17.9 Å². The third-order valence-corrected chi connectivity index (χ3v) is 5.32. The van der Waals surface area contributed by atoms with Crippen LogP contribution in [0, 0.1) is 0 Å². The molecule has 5 nitrogen and oxygen atoms in total. The molecule has 0 saturated heterocycles. The van der Waals surface area contributed by atoms with Gasteiger partial charge in [0.05, 0.1) is 17.7 Å². The number of carbonyl (C=O) groups excluding carboxylic acids is 1. The van der Waals surface area contributed by atoms with Crippen LogP contribution in [0.25, 0.3) is 0 Å². The SMILES string of the molecule is CCCCC(=O)N(c1ccc(OC)cc1)S(=O)(=O)c1ccccc1. The number of nitrogens with zero attached hydrogens (tertiary/aromatic N) is 1. The van der Waals surface area contributed by atoms with Gasteiger partial charge in [-0.3, -0.25) is 4.79 Å². The van der Waals surface area contributed by atoms with Crippen molar-refractivity contribution in [2.75, 3.05) is 11.4 Å². The number of unbranched alkanes of at least 4 members (excludes halogenated alkanes) is 1. The van der Waals surface area contributed by atoms with Gasteiger partial charge in [0.15, 0.2) is 0 Å². The van der Waals surface area contributed by atoms with Gasteiger partial charge < -0.3 is 4.74 Å². The maximum Gasteiger partial charge on any atom is 0.270 e. The van der Waals surface area contributed by atoms with Crippen LogP contribution in [0.2, 0.25) is 0 Å². The number of ether oxygens (including phenoxy) is 1. The second kappa shape index (κ2) is 7.97. The molecule has 2 rings (SSSR count). The predicted molar refractivity (Wildman–Crippen MR) is 93.6 cm³/mol. The summed E-state index contributed by atoms with van der Waals surface area (Å²) in [6.45, 7) is 1.96. The fourth-order valence-corrected chi connectivity index (χ4v) is 3.73. The van der Waals surface area contributed by atoms with Gasteiger partial charge in [-0.05, 0) is 42.8 Å². The summed E-state index contributed by atoms with van der Waals surface area (Å²) in [5, 5.41) is 0. The Bertz CT molecular complexity index is 770. The fraction of sp³-hybridized carbons (Fsp3) is 0.278. The number of benzene rings is 2. The lowest BCUT2D eigenvalue weighted by molar-refractivity contribution is -0.117. The van der Waals surface area contributed by atoms with E-state index >= 15 is 0 Å². The number of sulfonamides is 1. The van der Waals surface area contributed by atoms with Crippen LogP contribution in [0.15, 0.2) is 59.5 Å². The minimum atomic E-state index is -3.96. The van der Waals surface area contributed by atoms with Crippen LogP contribution < -0.4 is 9.04 Å². The van der Waals surface area contributed by atoms with E-state index in [4.69, 9.17) is 4.74 Å². The molecule has 128 valence electrons. The van der Waals surface area contributed by atoms with Gasteiger partial charge in [0, 0.05) is 6.42 Å². The van der Waals surface area contributed by atoms with E-state index in [2.05, 4.69) is 0 Å². The summed E-state index contributed by atoms with van der Waals surface area (Å²) >= 11 is 0. The van der Waals surface area contributed by atoms with E-state index < -0.39 is 15.9 Å². The minimum absolute atomic E-state index is 0.0886. The average molecular weight is 347 g/mol. The maximum absolute atomic E-state index is 13.0. The van der Waals surface area contributed by atoms with Crippen LogP contribution >= 0.6 is 0 Å². The van der Waals surface area contributed by atoms with E-state index in [1.807, 2.05) is 6.92 Å². The summed E-state index contributed by atoms with van der Waals surface area (Å²) in [5.74, 6) is 0.155. The van der Waals surface area contributed by atoms with E-state index in [0.717, 1.165) is 10.7 Å². The summed E-state index contributed by atoms with van der Waals surface area (Å²) in [4.78, 5) is 12.7. The highest BCUT2D eigenvalue weighted by molar-refractivity contribution is 7.93. The largest absolute Gasteiger partial charge is 0.497 e. The molecule has 0 spiro atoms. The molecule has 0 atom stereocenters. The van der Waals surface area contributed by atoms with Crippen LogP contribution in [-0.4, -0.2) is 21.4 Å².